The van der Waals surface area contributed by atoms with Crippen LogP contribution in [0.2, 0.25) is 0 Å². The van der Waals surface area contributed by atoms with E-state index in [-0.39, 0.29) is 11.9 Å². The second-order valence-electron chi connectivity index (χ2n) is 5.79. The van der Waals surface area contributed by atoms with E-state index in [9.17, 15) is 17.6 Å². The van der Waals surface area contributed by atoms with Crippen molar-refractivity contribution < 1.29 is 22.0 Å². The highest BCUT2D eigenvalue weighted by Gasteiger charge is 2.35. The number of hydrogen-bond donors (Lipinski definition) is 1. The number of hydrogen-bond acceptors (Lipinski definition) is 6. The summed E-state index contributed by atoms with van der Waals surface area (Å²) in [5.41, 5.74) is 0.504. The monoisotopic (exact) mass is 368 g/mol. The standard InChI is InChI=1S/C15H17FN4O4S/c1-25(22,23)20-9-3-2-4-12(20)13(21)17-15-19-18-14(24-15)10-5-7-11(16)8-6-10/h5-8,12H,2-4,9H2,1H3,(H,17,19,21). The highest BCUT2D eigenvalue weighted by Crippen LogP contribution is 2.23. The zero-order valence-corrected chi connectivity index (χ0v) is 14.3. The zero-order chi connectivity index (χ0) is 18.0. The van der Waals surface area contributed by atoms with E-state index in [1.165, 1.54) is 28.6 Å². The van der Waals surface area contributed by atoms with Gasteiger partial charge in [-0.3, -0.25) is 10.1 Å². The van der Waals surface area contributed by atoms with Gasteiger partial charge in [0, 0.05) is 12.1 Å². The molecule has 10 heteroatoms. The molecule has 0 aliphatic carbocycles. The molecule has 1 N–H and O–H groups in total. The molecule has 1 unspecified atom stereocenters. The molecule has 1 aliphatic rings. The van der Waals surface area contributed by atoms with Crippen LogP contribution in [0.25, 0.3) is 11.5 Å². The summed E-state index contributed by atoms with van der Waals surface area (Å²) in [4.78, 5) is 12.4. The molecule has 1 aliphatic heterocycles. The highest BCUT2D eigenvalue weighted by atomic mass is 32.2. The number of benzene rings is 1. The van der Waals surface area contributed by atoms with E-state index in [4.69, 9.17) is 4.42 Å². The van der Waals surface area contributed by atoms with Crippen molar-refractivity contribution in [2.75, 3.05) is 18.1 Å². The summed E-state index contributed by atoms with van der Waals surface area (Å²) in [6.45, 7) is 0.307. The molecule has 2 aromatic rings. The molecular formula is C15H17FN4O4S. The first-order valence-corrected chi connectivity index (χ1v) is 9.56. The molecule has 1 fully saturated rings. The van der Waals surface area contributed by atoms with Crippen molar-refractivity contribution in [3.63, 3.8) is 0 Å². The van der Waals surface area contributed by atoms with Gasteiger partial charge in [0.25, 0.3) is 0 Å². The fraction of sp³-hybridized carbons (Fsp3) is 0.400. The van der Waals surface area contributed by atoms with Crippen LogP contribution in [-0.4, -0.2) is 47.7 Å². The predicted octanol–water partition coefficient (Wildman–Crippen LogP) is 1.63. The minimum absolute atomic E-state index is 0.124. The van der Waals surface area contributed by atoms with Crippen LogP contribution in [0.15, 0.2) is 28.7 Å². The van der Waals surface area contributed by atoms with Gasteiger partial charge in [0.1, 0.15) is 11.9 Å². The predicted molar refractivity (Wildman–Crippen MR) is 87.5 cm³/mol. The van der Waals surface area contributed by atoms with Crippen LogP contribution in [0, 0.1) is 5.82 Å². The third-order valence-corrected chi connectivity index (χ3v) is 5.22. The molecule has 2 heterocycles. The van der Waals surface area contributed by atoms with Crippen molar-refractivity contribution in [1.82, 2.24) is 14.5 Å². The first-order valence-electron chi connectivity index (χ1n) is 7.72. The molecule has 1 saturated heterocycles. The van der Waals surface area contributed by atoms with Crippen LogP contribution in [0.1, 0.15) is 19.3 Å². The average Bonchev–Trinajstić information content (AvgIpc) is 3.03. The Morgan fingerprint density at radius 3 is 2.68 bits per heavy atom. The topological polar surface area (TPSA) is 105 Å². The van der Waals surface area contributed by atoms with Gasteiger partial charge in [-0.05, 0) is 37.1 Å². The molecule has 3 rings (SSSR count). The van der Waals surface area contributed by atoms with Crippen LogP contribution < -0.4 is 5.32 Å². The lowest BCUT2D eigenvalue weighted by Gasteiger charge is -2.32. The number of nitrogens with zero attached hydrogens (tertiary/aromatic N) is 3. The van der Waals surface area contributed by atoms with Gasteiger partial charge in [-0.2, -0.15) is 4.31 Å². The van der Waals surface area contributed by atoms with Crippen LogP contribution >= 0.6 is 0 Å². The van der Waals surface area contributed by atoms with Gasteiger partial charge in [-0.15, -0.1) is 5.10 Å². The molecule has 0 bridgehead atoms. The fourth-order valence-corrected chi connectivity index (χ4v) is 3.86. The third kappa shape index (κ3) is 4.02. The minimum atomic E-state index is -3.48. The number of rotatable bonds is 4. The van der Waals surface area contributed by atoms with Crippen molar-refractivity contribution in [1.29, 1.82) is 0 Å². The smallest absolute Gasteiger partial charge is 0.322 e. The van der Waals surface area contributed by atoms with E-state index >= 15 is 0 Å². The van der Waals surface area contributed by atoms with E-state index in [1.807, 2.05) is 0 Å². The van der Waals surface area contributed by atoms with Crippen LogP contribution in [-0.2, 0) is 14.8 Å². The minimum Gasteiger partial charge on any atom is -0.403 e. The highest BCUT2D eigenvalue weighted by molar-refractivity contribution is 7.88. The maximum absolute atomic E-state index is 12.9. The third-order valence-electron chi connectivity index (χ3n) is 3.93. The summed E-state index contributed by atoms with van der Waals surface area (Å²) >= 11 is 0. The Bertz CT molecular complexity index is 866. The lowest BCUT2D eigenvalue weighted by atomic mass is 10.0. The normalized spacial score (nSPS) is 18.9. The van der Waals surface area contributed by atoms with Gasteiger partial charge in [-0.1, -0.05) is 11.5 Å². The first kappa shape index (κ1) is 17.5. The molecule has 134 valence electrons. The van der Waals surface area contributed by atoms with Crippen molar-refractivity contribution in [3.05, 3.63) is 30.1 Å². The molecule has 0 radical (unpaired) electrons. The molecule has 1 amide bonds. The second-order valence-corrected chi connectivity index (χ2v) is 7.73. The molecular weight excluding hydrogens is 351 g/mol. The van der Waals surface area contributed by atoms with Gasteiger partial charge < -0.3 is 4.42 Å². The number of carbonyl (C=O) groups excluding carboxylic acids is 1. The lowest BCUT2D eigenvalue weighted by Crippen LogP contribution is -2.49. The fourth-order valence-electron chi connectivity index (χ4n) is 2.74. The van der Waals surface area contributed by atoms with Crippen molar-refractivity contribution in [2.45, 2.75) is 25.3 Å². The summed E-state index contributed by atoms with van der Waals surface area (Å²) in [7, 11) is -3.48. The number of sulfonamides is 1. The number of piperidine rings is 1. The Hall–Kier alpha value is -2.33. The maximum atomic E-state index is 12.9. The van der Waals surface area contributed by atoms with Crippen LogP contribution in [0.3, 0.4) is 0 Å². The number of nitrogens with one attached hydrogen (secondary N) is 1. The lowest BCUT2D eigenvalue weighted by molar-refractivity contribution is -0.120. The Kier molecular flexibility index (Phi) is 4.82. The number of amides is 1. The second kappa shape index (κ2) is 6.89. The summed E-state index contributed by atoms with van der Waals surface area (Å²) in [5, 5.41) is 9.98. The molecule has 1 aromatic heterocycles. The SMILES string of the molecule is CS(=O)(=O)N1CCCCC1C(=O)Nc1nnc(-c2ccc(F)cc2)o1. The van der Waals surface area contributed by atoms with E-state index in [2.05, 4.69) is 15.5 Å². The Labute approximate surface area is 144 Å². The van der Waals surface area contributed by atoms with Gasteiger partial charge in [0.2, 0.25) is 21.8 Å². The van der Waals surface area contributed by atoms with Crippen molar-refractivity contribution >= 4 is 21.9 Å². The summed E-state index contributed by atoms with van der Waals surface area (Å²) in [5.74, 6) is -0.784. The zero-order valence-electron chi connectivity index (χ0n) is 13.5. The Morgan fingerprint density at radius 2 is 2.00 bits per heavy atom. The molecule has 25 heavy (non-hydrogen) atoms. The van der Waals surface area contributed by atoms with E-state index in [0.29, 0.717) is 24.9 Å². The molecule has 1 aromatic carbocycles. The van der Waals surface area contributed by atoms with Gasteiger partial charge >= 0.3 is 6.01 Å². The molecule has 8 nitrogen and oxygen atoms in total. The molecule has 1 atom stereocenters. The summed E-state index contributed by atoms with van der Waals surface area (Å²) in [6, 6.07) is 4.52. The summed E-state index contributed by atoms with van der Waals surface area (Å²) < 4.78 is 43.1. The van der Waals surface area contributed by atoms with Gasteiger partial charge in [0.05, 0.1) is 6.26 Å². The van der Waals surface area contributed by atoms with E-state index in [0.717, 1.165) is 12.7 Å². The van der Waals surface area contributed by atoms with E-state index in [1.54, 1.807) is 0 Å². The first-order chi connectivity index (χ1) is 11.8. The molecule has 0 saturated carbocycles. The number of halogens is 1. The quantitative estimate of drug-likeness (QED) is 0.879. The number of carbonyl (C=O) groups is 1. The van der Waals surface area contributed by atoms with Gasteiger partial charge in [0.15, 0.2) is 0 Å². The number of aromatic nitrogens is 2. The average molecular weight is 368 g/mol. The summed E-state index contributed by atoms with van der Waals surface area (Å²) in [6.07, 6.45) is 2.98. The van der Waals surface area contributed by atoms with Gasteiger partial charge in [-0.25, -0.2) is 12.8 Å². The number of anilines is 1. The Morgan fingerprint density at radius 1 is 1.28 bits per heavy atom. The Balaban J connectivity index is 1.73. The largest absolute Gasteiger partial charge is 0.403 e. The van der Waals surface area contributed by atoms with Crippen molar-refractivity contribution in [3.8, 4) is 11.5 Å². The molecule has 0 spiro atoms. The van der Waals surface area contributed by atoms with Crippen molar-refractivity contribution in [2.24, 2.45) is 0 Å². The maximum Gasteiger partial charge on any atom is 0.322 e. The van der Waals surface area contributed by atoms with E-state index < -0.39 is 27.8 Å². The van der Waals surface area contributed by atoms with Crippen LogP contribution in [0.4, 0.5) is 10.4 Å². The van der Waals surface area contributed by atoms with Crippen LogP contribution in [0.5, 0.6) is 0 Å².